The Morgan fingerprint density at radius 2 is 2.11 bits per heavy atom. The van der Waals surface area contributed by atoms with E-state index < -0.39 is 6.04 Å². The van der Waals surface area contributed by atoms with E-state index in [1.807, 2.05) is 0 Å². The Morgan fingerprint density at radius 1 is 1.25 bits per heavy atom. The van der Waals surface area contributed by atoms with Crippen molar-refractivity contribution in [3.05, 3.63) is 51.8 Å². The molecule has 0 radical (unpaired) electrons. The zero-order valence-corrected chi connectivity index (χ0v) is 16.0. The van der Waals surface area contributed by atoms with Crippen molar-refractivity contribution < 1.29 is 4.79 Å². The molecular weight excluding hydrogens is 403 g/mol. The van der Waals surface area contributed by atoms with Gasteiger partial charge in [0.15, 0.2) is 5.78 Å². The molecule has 0 bridgehead atoms. The fraction of sp³-hybridized carbons (Fsp3) is 0.333. The quantitative estimate of drug-likeness (QED) is 0.605. The number of carbonyl (C=O) groups is 1. The predicted molar refractivity (Wildman–Crippen MR) is 102 cm³/mol. The lowest BCUT2D eigenvalue weighted by atomic mass is 9.71. The highest BCUT2D eigenvalue weighted by atomic mass is 35.5. The molecule has 2 aliphatic rings. The van der Waals surface area contributed by atoms with Gasteiger partial charge in [-0.25, -0.2) is 4.98 Å². The highest BCUT2D eigenvalue weighted by Gasteiger charge is 2.50. The second-order valence-corrected chi connectivity index (χ2v) is 7.72. The molecule has 1 saturated carbocycles. The van der Waals surface area contributed by atoms with Gasteiger partial charge in [0.2, 0.25) is 0 Å². The fourth-order valence-corrected chi connectivity index (χ4v) is 4.58. The van der Waals surface area contributed by atoms with Crippen LogP contribution in [0.15, 0.2) is 35.4 Å². The number of halogens is 2. The number of rotatable bonds is 4. The summed E-state index contributed by atoms with van der Waals surface area (Å²) in [7, 11) is 0. The van der Waals surface area contributed by atoms with E-state index in [1.165, 1.54) is 21.6 Å². The maximum absolute atomic E-state index is 13.0. The minimum Gasteiger partial charge on any atom is -0.296 e. The molecule has 3 heterocycles. The molecular formula is C18H14Cl2N6O2. The van der Waals surface area contributed by atoms with Crippen molar-refractivity contribution in [3.63, 3.8) is 0 Å². The Kier molecular flexibility index (Phi) is 4.06. The van der Waals surface area contributed by atoms with Gasteiger partial charge in [0.25, 0.3) is 5.56 Å². The topological polar surface area (TPSA) is 95.6 Å². The smallest absolute Gasteiger partial charge is 0.254 e. The molecule has 1 aliphatic heterocycles. The summed E-state index contributed by atoms with van der Waals surface area (Å²) < 4.78 is 3.02. The zero-order chi connectivity index (χ0) is 19.4. The number of tetrazole rings is 1. The molecule has 1 aliphatic carbocycles. The van der Waals surface area contributed by atoms with Crippen molar-refractivity contribution in [2.75, 3.05) is 5.88 Å². The molecule has 0 amide bonds. The van der Waals surface area contributed by atoms with E-state index in [1.54, 1.807) is 18.2 Å². The fourth-order valence-electron chi connectivity index (χ4n) is 4.25. The minimum absolute atomic E-state index is 0.0973. The van der Waals surface area contributed by atoms with Gasteiger partial charge in [-0.3, -0.25) is 14.2 Å². The first-order chi connectivity index (χ1) is 13.6. The van der Waals surface area contributed by atoms with Crippen LogP contribution in [0.2, 0.25) is 5.02 Å². The molecule has 2 aromatic heterocycles. The van der Waals surface area contributed by atoms with Crippen LogP contribution < -0.4 is 5.56 Å². The number of alkyl halides is 1. The Hall–Kier alpha value is -2.58. The largest absolute Gasteiger partial charge is 0.296 e. The van der Waals surface area contributed by atoms with Gasteiger partial charge in [0.05, 0.1) is 17.3 Å². The number of nitrogens with zero attached hydrogens (tertiary/aromatic N) is 6. The van der Waals surface area contributed by atoms with E-state index in [0.29, 0.717) is 27.8 Å². The molecule has 1 aromatic carbocycles. The first-order valence-corrected chi connectivity index (χ1v) is 9.75. The Labute approximate surface area is 169 Å². The third-order valence-electron chi connectivity index (χ3n) is 5.61. The predicted octanol–water partition coefficient (Wildman–Crippen LogP) is 2.40. The first kappa shape index (κ1) is 17.5. The second kappa shape index (κ2) is 6.49. The summed E-state index contributed by atoms with van der Waals surface area (Å²) in [4.78, 5) is 30.1. The summed E-state index contributed by atoms with van der Waals surface area (Å²) >= 11 is 12.0. The van der Waals surface area contributed by atoms with Crippen LogP contribution in [0.1, 0.15) is 30.6 Å². The van der Waals surface area contributed by atoms with Crippen LogP contribution in [0, 0.1) is 5.92 Å². The van der Waals surface area contributed by atoms with Crippen molar-refractivity contribution in [1.82, 2.24) is 29.8 Å². The van der Waals surface area contributed by atoms with E-state index >= 15 is 0 Å². The Bertz CT molecular complexity index is 1140. The lowest BCUT2D eigenvalue weighted by Crippen LogP contribution is -2.33. The summed E-state index contributed by atoms with van der Waals surface area (Å²) in [5, 5.41) is 11.8. The van der Waals surface area contributed by atoms with Crippen LogP contribution in [0.4, 0.5) is 0 Å². The number of carbonyl (C=O) groups excluding carboxylic acids is 1. The second-order valence-electron chi connectivity index (χ2n) is 7.02. The molecule has 5 rings (SSSR count). The Morgan fingerprint density at radius 3 is 2.79 bits per heavy atom. The highest BCUT2D eigenvalue weighted by molar-refractivity contribution is 6.31. The summed E-state index contributed by atoms with van der Waals surface area (Å²) in [5.41, 5.74) is 1.51. The summed E-state index contributed by atoms with van der Waals surface area (Å²) in [6.45, 7) is 0. The summed E-state index contributed by atoms with van der Waals surface area (Å²) in [6, 6.07) is 6.14. The molecule has 28 heavy (non-hydrogen) atoms. The molecule has 10 heteroatoms. The van der Waals surface area contributed by atoms with Gasteiger partial charge in [-0.1, -0.05) is 11.6 Å². The number of aromatic nitrogens is 6. The molecule has 142 valence electrons. The monoisotopic (exact) mass is 416 g/mol. The average Bonchev–Trinajstić information content (AvgIpc) is 3.26. The van der Waals surface area contributed by atoms with Gasteiger partial charge in [-0.15, -0.1) is 16.7 Å². The zero-order valence-electron chi connectivity index (χ0n) is 14.5. The number of benzene rings is 1. The van der Waals surface area contributed by atoms with Crippen molar-refractivity contribution >= 4 is 29.0 Å². The molecule has 3 atom stereocenters. The number of hydrogen-bond donors (Lipinski definition) is 0. The van der Waals surface area contributed by atoms with Crippen LogP contribution in [0.3, 0.4) is 0 Å². The number of ketones is 1. The van der Waals surface area contributed by atoms with E-state index in [-0.39, 0.29) is 29.1 Å². The van der Waals surface area contributed by atoms with E-state index in [2.05, 4.69) is 15.5 Å². The van der Waals surface area contributed by atoms with E-state index in [4.69, 9.17) is 28.2 Å². The molecule has 1 fully saturated rings. The van der Waals surface area contributed by atoms with Crippen LogP contribution in [-0.2, 0) is 4.79 Å². The van der Waals surface area contributed by atoms with E-state index in [0.717, 1.165) is 12.8 Å². The normalized spacial score (nSPS) is 22.4. The van der Waals surface area contributed by atoms with Crippen LogP contribution in [0.5, 0.6) is 0 Å². The van der Waals surface area contributed by atoms with Crippen LogP contribution in [0.25, 0.3) is 16.9 Å². The average molecular weight is 417 g/mol. The van der Waals surface area contributed by atoms with Gasteiger partial charge >= 0.3 is 0 Å². The van der Waals surface area contributed by atoms with Crippen molar-refractivity contribution in [1.29, 1.82) is 0 Å². The lowest BCUT2D eigenvalue weighted by molar-refractivity contribution is -0.121. The molecule has 8 nitrogen and oxygen atoms in total. The van der Waals surface area contributed by atoms with Crippen molar-refractivity contribution in [3.8, 4) is 16.9 Å². The molecule has 0 N–H and O–H groups in total. The minimum atomic E-state index is -0.515. The SMILES string of the molecule is O=C(CCl)[C@@H]1[C@H]2CC[C@H]2c2nc(-c3cc(Cl)ccc3-n3cnnn3)cc(=O)n21. The van der Waals surface area contributed by atoms with Gasteiger partial charge in [0, 0.05) is 22.6 Å². The van der Waals surface area contributed by atoms with Gasteiger partial charge in [-0.05, 0) is 47.4 Å². The molecule has 3 aromatic rings. The van der Waals surface area contributed by atoms with Crippen molar-refractivity contribution in [2.24, 2.45) is 5.92 Å². The first-order valence-electron chi connectivity index (χ1n) is 8.84. The number of fused-ring (bicyclic) bond motifs is 3. The van der Waals surface area contributed by atoms with Crippen molar-refractivity contribution in [2.45, 2.75) is 24.8 Å². The lowest BCUT2D eigenvalue weighted by Gasteiger charge is -2.31. The van der Waals surface area contributed by atoms with Crippen LogP contribution in [-0.4, -0.2) is 41.4 Å². The summed E-state index contributed by atoms with van der Waals surface area (Å²) in [6.07, 6.45) is 3.26. The Balaban J connectivity index is 1.70. The van der Waals surface area contributed by atoms with Crippen LogP contribution >= 0.6 is 23.2 Å². The maximum Gasteiger partial charge on any atom is 0.254 e. The maximum atomic E-state index is 13.0. The molecule has 0 saturated heterocycles. The van der Waals surface area contributed by atoms with E-state index in [9.17, 15) is 9.59 Å². The molecule has 0 spiro atoms. The van der Waals surface area contributed by atoms with Gasteiger partial charge in [-0.2, -0.15) is 4.68 Å². The summed E-state index contributed by atoms with van der Waals surface area (Å²) in [5.74, 6) is 0.591. The third-order valence-corrected chi connectivity index (χ3v) is 6.11. The number of Topliss-reactive ketones (excluding diaryl/α,β-unsaturated/α-hetero) is 1. The molecule has 0 unspecified atom stereocenters. The third kappa shape index (κ3) is 2.51. The number of hydrogen-bond acceptors (Lipinski definition) is 6. The standard InChI is InChI=1S/C18H14Cl2N6O2/c19-7-15(27)17-10-2-3-11(10)18-22-13(6-16(28)26(17)18)12-5-9(20)1-4-14(12)25-8-21-23-24-25/h1,4-6,8,10-11,17H,2-3,7H2/t10-,11+,17-/m0/s1. The highest BCUT2D eigenvalue weighted by Crippen LogP contribution is 2.53. The van der Waals surface area contributed by atoms with Gasteiger partial charge < -0.3 is 0 Å². The van der Waals surface area contributed by atoms with Gasteiger partial charge in [0.1, 0.15) is 18.2 Å².